The first-order chi connectivity index (χ1) is 9.15. The van der Waals surface area contributed by atoms with Crippen LogP contribution in [-0.4, -0.2) is 26.1 Å². The molecule has 1 aromatic heterocycles. The molecule has 0 saturated carbocycles. The first-order valence-corrected chi connectivity index (χ1v) is 6.29. The highest BCUT2D eigenvalue weighted by Crippen LogP contribution is 2.21. The molecule has 0 aliphatic heterocycles. The highest BCUT2D eigenvalue weighted by Gasteiger charge is 2.10. The van der Waals surface area contributed by atoms with Crippen LogP contribution < -0.4 is 0 Å². The van der Waals surface area contributed by atoms with Crippen molar-refractivity contribution < 1.29 is 9.90 Å². The molecule has 0 bridgehead atoms. The molecule has 0 spiro atoms. The van der Waals surface area contributed by atoms with Crippen molar-refractivity contribution >= 4 is 32.9 Å². The van der Waals surface area contributed by atoms with Crippen LogP contribution in [0.4, 0.5) is 0 Å². The second-order valence-corrected chi connectivity index (χ2v) is 4.91. The van der Waals surface area contributed by atoms with Crippen molar-refractivity contribution in [3.05, 3.63) is 52.5 Å². The SMILES string of the molecule is O=C(O)c1cc(Br)cc(-n2nnc3ccccc32)c1. The van der Waals surface area contributed by atoms with Crippen molar-refractivity contribution in [3.63, 3.8) is 0 Å². The lowest BCUT2D eigenvalue weighted by Gasteiger charge is -2.04. The molecular formula is C13H8BrN3O2. The minimum Gasteiger partial charge on any atom is -0.478 e. The van der Waals surface area contributed by atoms with E-state index in [2.05, 4.69) is 26.2 Å². The van der Waals surface area contributed by atoms with Crippen molar-refractivity contribution in [1.29, 1.82) is 0 Å². The Hall–Kier alpha value is -2.21. The average Bonchev–Trinajstić information content (AvgIpc) is 2.81. The topological polar surface area (TPSA) is 68.0 Å². The number of carbonyl (C=O) groups is 1. The molecule has 0 saturated heterocycles. The maximum Gasteiger partial charge on any atom is 0.335 e. The van der Waals surface area contributed by atoms with E-state index in [0.29, 0.717) is 10.2 Å². The Bertz CT molecular complexity index is 782. The number of benzene rings is 2. The molecule has 94 valence electrons. The zero-order chi connectivity index (χ0) is 13.4. The summed E-state index contributed by atoms with van der Waals surface area (Å²) in [6.07, 6.45) is 0. The van der Waals surface area contributed by atoms with Gasteiger partial charge in [-0.1, -0.05) is 33.3 Å². The van der Waals surface area contributed by atoms with Crippen molar-refractivity contribution in [2.75, 3.05) is 0 Å². The maximum atomic E-state index is 11.1. The molecule has 0 aliphatic rings. The number of fused-ring (bicyclic) bond motifs is 1. The molecule has 0 unspecified atom stereocenters. The van der Waals surface area contributed by atoms with E-state index < -0.39 is 5.97 Å². The van der Waals surface area contributed by atoms with Gasteiger partial charge in [0, 0.05) is 4.47 Å². The molecule has 6 heteroatoms. The monoisotopic (exact) mass is 317 g/mol. The number of hydrogen-bond donors (Lipinski definition) is 1. The minimum atomic E-state index is -0.980. The van der Waals surface area contributed by atoms with E-state index in [1.807, 2.05) is 24.3 Å². The van der Waals surface area contributed by atoms with Gasteiger partial charge in [0.1, 0.15) is 5.52 Å². The highest BCUT2D eigenvalue weighted by molar-refractivity contribution is 9.10. The average molecular weight is 318 g/mol. The summed E-state index contributed by atoms with van der Waals surface area (Å²) in [5.41, 5.74) is 2.45. The normalized spacial score (nSPS) is 10.8. The smallest absolute Gasteiger partial charge is 0.335 e. The summed E-state index contributed by atoms with van der Waals surface area (Å²) in [6.45, 7) is 0. The van der Waals surface area contributed by atoms with Gasteiger partial charge in [-0.15, -0.1) is 5.10 Å². The van der Waals surface area contributed by atoms with Gasteiger partial charge in [-0.3, -0.25) is 0 Å². The van der Waals surface area contributed by atoms with E-state index >= 15 is 0 Å². The lowest BCUT2D eigenvalue weighted by atomic mass is 10.2. The van der Waals surface area contributed by atoms with Gasteiger partial charge in [-0.25, -0.2) is 9.48 Å². The standard InChI is InChI=1S/C13H8BrN3O2/c14-9-5-8(13(18)19)6-10(7-9)17-12-4-2-1-3-11(12)15-16-17/h1-7H,(H,18,19). The molecule has 3 aromatic rings. The molecule has 19 heavy (non-hydrogen) atoms. The zero-order valence-electron chi connectivity index (χ0n) is 9.62. The van der Waals surface area contributed by atoms with Gasteiger partial charge < -0.3 is 5.11 Å². The third kappa shape index (κ3) is 2.10. The molecule has 0 amide bonds. The predicted octanol–water partition coefficient (Wildman–Crippen LogP) is 2.88. The molecule has 0 atom stereocenters. The molecular weight excluding hydrogens is 310 g/mol. The molecule has 0 fully saturated rings. The van der Waals surface area contributed by atoms with Crippen LogP contribution in [0.1, 0.15) is 10.4 Å². The maximum absolute atomic E-state index is 11.1. The molecule has 3 rings (SSSR count). The van der Waals surface area contributed by atoms with Gasteiger partial charge in [-0.05, 0) is 30.3 Å². The van der Waals surface area contributed by atoms with Gasteiger partial charge >= 0.3 is 5.97 Å². The Morgan fingerprint density at radius 2 is 2.00 bits per heavy atom. The van der Waals surface area contributed by atoms with Crippen molar-refractivity contribution in [1.82, 2.24) is 15.0 Å². The quantitative estimate of drug-likeness (QED) is 0.789. The van der Waals surface area contributed by atoms with Crippen LogP contribution in [0.15, 0.2) is 46.9 Å². The number of carboxylic acid groups (broad SMARTS) is 1. The van der Waals surface area contributed by atoms with E-state index in [-0.39, 0.29) is 5.56 Å². The summed E-state index contributed by atoms with van der Waals surface area (Å²) in [6, 6.07) is 12.4. The van der Waals surface area contributed by atoms with E-state index in [1.165, 1.54) is 0 Å². The van der Waals surface area contributed by atoms with Crippen molar-refractivity contribution in [2.45, 2.75) is 0 Å². The summed E-state index contributed by atoms with van der Waals surface area (Å²) in [7, 11) is 0. The van der Waals surface area contributed by atoms with Gasteiger partial charge in [0.15, 0.2) is 0 Å². The summed E-state index contributed by atoms with van der Waals surface area (Å²) < 4.78 is 2.30. The molecule has 0 aliphatic carbocycles. The lowest BCUT2D eigenvalue weighted by molar-refractivity contribution is 0.0697. The van der Waals surface area contributed by atoms with Crippen LogP contribution in [0, 0.1) is 0 Å². The van der Waals surface area contributed by atoms with Gasteiger partial charge in [-0.2, -0.15) is 0 Å². The third-order valence-corrected chi connectivity index (χ3v) is 3.18. The van der Waals surface area contributed by atoms with Crippen molar-refractivity contribution in [2.24, 2.45) is 0 Å². The number of rotatable bonds is 2. The van der Waals surface area contributed by atoms with Gasteiger partial charge in [0.05, 0.1) is 16.8 Å². The van der Waals surface area contributed by atoms with Crippen LogP contribution >= 0.6 is 15.9 Å². The molecule has 5 nitrogen and oxygen atoms in total. The largest absolute Gasteiger partial charge is 0.478 e. The van der Waals surface area contributed by atoms with Gasteiger partial charge in [0.25, 0.3) is 0 Å². The molecule has 1 heterocycles. The number of hydrogen-bond acceptors (Lipinski definition) is 3. The molecule has 2 aromatic carbocycles. The third-order valence-electron chi connectivity index (χ3n) is 2.73. The zero-order valence-corrected chi connectivity index (χ0v) is 11.2. The van der Waals surface area contributed by atoms with E-state index in [9.17, 15) is 4.79 Å². The Balaban J connectivity index is 2.24. The first-order valence-electron chi connectivity index (χ1n) is 5.50. The van der Waals surface area contributed by atoms with Crippen LogP contribution in [0.3, 0.4) is 0 Å². The van der Waals surface area contributed by atoms with Crippen LogP contribution in [0.25, 0.3) is 16.7 Å². The highest BCUT2D eigenvalue weighted by atomic mass is 79.9. The summed E-state index contributed by atoms with van der Waals surface area (Å²) >= 11 is 3.31. The Kier molecular flexibility index (Phi) is 2.79. The molecule has 1 N–H and O–H groups in total. The Morgan fingerprint density at radius 3 is 2.79 bits per heavy atom. The Morgan fingerprint density at radius 1 is 1.21 bits per heavy atom. The van der Waals surface area contributed by atoms with Crippen LogP contribution in [0.5, 0.6) is 0 Å². The van der Waals surface area contributed by atoms with E-state index in [0.717, 1.165) is 11.0 Å². The lowest BCUT2D eigenvalue weighted by Crippen LogP contribution is -2.01. The molecule has 0 radical (unpaired) electrons. The van der Waals surface area contributed by atoms with Crippen LogP contribution in [-0.2, 0) is 0 Å². The number of carboxylic acids is 1. The predicted molar refractivity (Wildman–Crippen MR) is 73.5 cm³/mol. The summed E-state index contributed by atoms with van der Waals surface area (Å²) in [4.78, 5) is 11.1. The number of halogens is 1. The fraction of sp³-hybridized carbons (Fsp3) is 0. The summed E-state index contributed by atoms with van der Waals surface area (Å²) in [5, 5.41) is 17.2. The second kappa shape index (κ2) is 4.47. The number of nitrogens with zero attached hydrogens (tertiary/aromatic N) is 3. The van der Waals surface area contributed by atoms with Crippen LogP contribution in [0.2, 0.25) is 0 Å². The van der Waals surface area contributed by atoms with E-state index in [1.54, 1.807) is 22.9 Å². The second-order valence-electron chi connectivity index (χ2n) is 3.99. The number of aromatic carboxylic acids is 1. The minimum absolute atomic E-state index is 0.198. The fourth-order valence-electron chi connectivity index (χ4n) is 1.88. The number of aromatic nitrogens is 3. The fourth-order valence-corrected chi connectivity index (χ4v) is 2.36. The van der Waals surface area contributed by atoms with Crippen molar-refractivity contribution in [3.8, 4) is 5.69 Å². The summed E-state index contributed by atoms with van der Waals surface area (Å²) in [5.74, 6) is -0.980. The van der Waals surface area contributed by atoms with E-state index in [4.69, 9.17) is 5.11 Å². The Labute approximate surface area is 116 Å². The first kappa shape index (κ1) is 11.9. The van der Waals surface area contributed by atoms with Gasteiger partial charge in [0.2, 0.25) is 0 Å². The number of para-hydroxylation sites is 1.